The summed E-state index contributed by atoms with van der Waals surface area (Å²) in [6.45, 7) is 0.696. The van der Waals surface area contributed by atoms with E-state index in [1.54, 1.807) is 6.92 Å². The van der Waals surface area contributed by atoms with Gasteiger partial charge in [-0.1, -0.05) is 19.8 Å². The Kier molecular flexibility index (Phi) is 5.50. The van der Waals surface area contributed by atoms with E-state index in [4.69, 9.17) is 0 Å². The van der Waals surface area contributed by atoms with Gasteiger partial charge in [0.2, 0.25) is 0 Å². The lowest BCUT2D eigenvalue weighted by atomic mass is 10.2. The Balaban J connectivity index is 4.06. The highest BCUT2D eigenvalue weighted by Gasteiger charge is 2.47. The average Bonchev–Trinajstić information content (AvgIpc) is 2.09. The zero-order valence-electron chi connectivity index (χ0n) is 8.05. The van der Waals surface area contributed by atoms with Crippen LogP contribution in [0.25, 0.3) is 0 Å². The van der Waals surface area contributed by atoms with Gasteiger partial charge in [-0.3, -0.25) is 4.18 Å². The van der Waals surface area contributed by atoms with E-state index in [-0.39, 0.29) is 6.42 Å². The standard InChI is InChI=1S/C7H12F4O3S/c1-2-3-4-6(8)5-14-15(12,13)7(9,10)11/h6H,2-5H2,1H3. The molecule has 0 amide bonds. The van der Waals surface area contributed by atoms with E-state index < -0.39 is 28.4 Å². The van der Waals surface area contributed by atoms with Crippen molar-refractivity contribution < 1.29 is 30.2 Å². The maximum Gasteiger partial charge on any atom is 0.523 e. The van der Waals surface area contributed by atoms with Crippen molar-refractivity contribution in [2.45, 2.75) is 37.9 Å². The topological polar surface area (TPSA) is 43.4 Å². The summed E-state index contributed by atoms with van der Waals surface area (Å²) in [6, 6.07) is 0. The van der Waals surface area contributed by atoms with E-state index >= 15 is 0 Å². The summed E-state index contributed by atoms with van der Waals surface area (Å²) in [7, 11) is -5.66. The molecule has 0 aromatic carbocycles. The van der Waals surface area contributed by atoms with Crippen molar-refractivity contribution in [1.29, 1.82) is 0 Å². The molecule has 0 fully saturated rings. The predicted molar refractivity (Wildman–Crippen MR) is 45.3 cm³/mol. The smallest absolute Gasteiger partial charge is 0.260 e. The number of rotatable bonds is 6. The molecule has 0 N–H and O–H groups in total. The van der Waals surface area contributed by atoms with Crippen LogP contribution in [0.2, 0.25) is 0 Å². The van der Waals surface area contributed by atoms with Gasteiger partial charge in [0.1, 0.15) is 6.17 Å². The third kappa shape index (κ3) is 5.31. The van der Waals surface area contributed by atoms with Crippen LogP contribution < -0.4 is 0 Å². The summed E-state index contributed by atoms with van der Waals surface area (Å²) in [6.07, 6.45) is -0.561. The highest BCUT2D eigenvalue weighted by Crippen LogP contribution is 2.25. The Morgan fingerprint density at radius 3 is 2.27 bits per heavy atom. The van der Waals surface area contributed by atoms with E-state index in [9.17, 15) is 26.0 Å². The Morgan fingerprint density at radius 1 is 1.33 bits per heavy atom. The largest absolute Gasteiger partial charge is 0.523 e. The number of halogens is 4. The monoisotopic (exact) mass is 252 g/mol. The van der Waals surface area contributed by atoms with E-state index in [0.717, 1.165) is 0 Å². The Labute approximate surface area is 85.5 Å². The van der Waals surface area contributed by atoms with Gasteiger partial charge in [0.15, 0.2) is 0 Å². The van der Waals surface area contributed by atoms with E-state index in [2.05, 4.69) is 4.18 Å². The number of alkyl halides is 4. The first kappa shape index (κ1) is 14.6. The van der Waals surface area contributed by atoms with Crippen LogP contribution in [0.4, 0.5) is 17.6 Å². The molecule has 0 saturated heterocycles. The fourth-order valence-electron chi connectivity index (χ4n) is 0.739. The maximum atomic E-state index is 12.8. The van der Waals surface area contributed by atoms with Crippen LogP contribution in [0.15, 0.2) is 0 Å². The summed E-state index contributed by atoms with van der Waals surface area (Å²) in [5, 5.41) is 0. The first-order chi connectivity index (χ1) is 6.70. The molecule has 0 aliphatic rings. The van der Waals surface area contributed by atoms with Gasteiger partial charge < -0.3 is 0 Å². The summed E-state index contributed by atoms with van der Waals surface area (Å²) in [4.78, 5) is 0. The summed E-state index contributed by atoms with van der Waals surface area (Å²) < 4.78 is 72.0. The van der Waals surface area contributed by atoms with Gasteiger partial charge in [0.05, 0.1) is 6.61 Å². The van der Waals surface area contributed by atoms with Crippen LogP contribution in [-0.4, -0.2) is 26.7 Å². The minimum absolute atomic E-state index is 0.0100. The quantitative estimate of drug-likeness (QED) is 0.414. The lowest BCUT2D eigenvalue weighted by Crippen LogP contribution is -2.28. The van der Waals surface area contributed by atoms with Crippen molar-refractivity contribution in [3.05, 3.63) is 0 Å². The molecule has 0 aromatic heterocycles. The van der Waals surface area contributed by atoms with Crippen LogP contribution >= 0.6 is 0 Å². The minimum atomic E-state index is -5.66. The Morgan fingerprint density at radius 2 is 1.87 bits per heavy atom. The van der Waals surface area contributed by atoms with Crippen LogP contribution in [-0.2, 0) is 14.3 Å². The fraction of sp³-hybridized carbons (Fsp3) is 1.00. The molecular weight excluding hydrogens is 240 g/mol. The maximum absolute atomic E-state index is 12.8. The summed E-state index contributed by atoms with van der Waals surface area (Å²) in [5.41, 5.74) is -5.49. The van der Waals surface area contributed by atoms with E-state index in [1.807, 2.05) is 0 Å². The van der Waals surface area contributed by atoms with E-state index in [0.29, 0.717) is 12.8 Å². The van der Waals surface area contributed by atoms with Crippen LogP contribution in [0.5, 0.6) is 0 Å². The molecule has 1 unspecified atom stereocenters. The Hall–Kier alpha value is -0.370. The molecule has 0 rings (SSSR count). The summed E-state index contributed by atoms with van der Waals surface area (Å²) in [5.74, 6) is 0. The van der Waals surface area contributed by atoms with Gasteiger partial charge in [0.25, 0.3) is 0 Å². The molecule has 0 aliphatic carbocycles. The third-order valence-corrected chi connectivity index (χ3v) is 2.57. The second-order valence-electron chi connectivity index (χ2n) is 2.92. The molecule has 15 heavy (non-hydrogen) atoms. The molecule has 8 heteroatoms. The van der Waals surface area contributed by atoms with Gasteiger partial charge in [-0.2, -0.15) is 21.6 Å². The van der Waals surface area contributed by atoms with Gasteiger partial charge in [-0.05, 0) is 6.42 Å². The van der Waals surface area contributed by atoms with Crippen molar-refractivity contribution in [2.24, 2.45) is 0 Å². The van der Waals surface area contributed by atoms with Gasteiger partial charge in [-0.15, -0.1) is 0 Å². The second-order valence-corrected chi connectivity index (χ2v) is 4.53. The zero-order valence-corrected chi connectivity index (χ0v) is 8.87. The van der Waals surface area contributed by atoms with Crippen molar-refractivity contribution in [3.8, 4) is 0 Å². The van der Waals surface area contributed by atoms with Gasteiger partial charge in [0, 0.05) is 0 Å². The predicted octanol–water partition coefficient (Wildman–Crippen LogP) is 2.38. The summed E-state index contributed by atoms with van der Waals surface area (Å²) >= 11 is 0. The van der Waals surface area contributed by atoms with Crippen LogP contribution in [0, 0.1) is 0 Å². The second kappa shape index (κ2) is 5.64. The lowest BCUT2D eigenvalue weighted by molar-refractivity contribution is -0.0553. The molecule has 0 saturated carbocycles. The lowest BCUT2D eigenvalue weighted by Gasteiger charge is -2.10. The number of hydrogen-bond donors (Lipinski definition) is 0. The zero-order chi connectivity index (χ0) is 12.1. The molecule has 0 radical (unpaired) electrons. The average molecular weight is 252 g/mol. The molecule has 92 valence electrons. The van der Waals surface area contributed by atoms with Gasteiger partial charge >= 0.3 is 15.6 Å². The van der Waals surface area contributed by atoms with Crippen LogP contribution in [0.1, 0.15) is 26.2 Å². The minimum Gasteiger partial charge on any atom is -0.260 e. The van der Waals surface area contributed by atoms with Crippen LogP contribution in [0.3, 0.4) is 0 Å². The highest BCUT2D eigenvalue weighted by molar-refractivity contribution is 7.87. The molecule has 3 nitrogen and oxygen atoms in total. The number of hydrogen-bond acceptors (Lipinski definition) is 3. The van der Waals surface area contributed by atoms with Crippen molar-refractivity contribution >= 4 is 10.1 Å². The molecule has 0 bridgehead atoms. The normalized spacial score (nSPS) is 15.3. The van der Waals surface area contributed by atoms with Crippen molar-refractivity contribution in [3.63, 3.8) is 0 Å². The molecule has 0 aliphatic heterocycles. The molecule has 1 atom stereocenters. The Bertz CT molecular complexity index is 272. The fourth-order valence-corrected chi connectivity index (χ4v) is 1.20. The first-order valence-corrected chi connectivity index (χ1v) is 5.71. The van der Waals surface area contributed by atoms with Gasteiger partial charge in [-0.25, -0.2) is 4.39 Å². The SMILES string of the molecule is CCCCC(F)COS(=O)(=O)C(F)(F)F. The molecule has 0 spiro atoms. The van der Waals surface area contributed by atoms with Crippen molar-refractivity contribution in [2.75, 3.05) is 6.61 Å². The highest BCUT2D eigenvalue weighted by atomic mass is 32.2. The molecule has 0 heterocycles. The molecular formula is C7H12F4O3S. The third-order valence-electron chi connectivity index (χ3n) is 1.56. The van der Waals surface area contributed by atoms with Crippen molar-refractivity contribution in [1.82, 2.24) is 0 Å². The van der Waals surface area contributed by atoms with E-state index in [1.165, 1.54) is 0 Å². The first-order valence-electron chi connectivity index (χ1n) is 4.30. The number of unbranched alkanes of at least 4 members (excludes halogenated alkanes) is 1. The molecule has 0 aromatic rings.